The average molecular weight is 293 g/mol. The van der Waals surface area contributed by atoms with Gasteiger partial charge < -0.3 is 5.32 Å². The zero-order valence-corrected chi connectivity index (χ0v) is 14.3. The summed E-state index contributed by atoms with van der Waals surface area (Å²) >= 11 is 1.76. The van der Waals surface area contributed by atoms with Crippen LogP contribution in [0.1, 0.15) is 44.0 Å². The molecule has 2 aromatic heterocycles. The summed E-state index contributed by atoms with van der Waals surface area (Å²) in [4.78, 5) is 7.07. The molecule has 0 aliphatic carbocycles. The van der Waals surface area contributed by atoms with Gasteiger partial charge in [-0.05, 0) is 38.1 Å². The number of aromatic nitrogens is 2. The van der Waals surface area contributed by atoms with E-state index in [9.17, 15) is 0 Å². The molecule has 2 aromatic rings. The topological polar surface area (TPSA) is 29.3 Å². The molecule has 1 N–H and O–H groups in total. The number of rotatable bonds is 6. The first-order valence-corrected chi connectivity index (χ1v) is 8.36. The summed E-state index contributed by atoms with van der Waals surface area (Å²) in [7, 11) is 0. The Hall–Kier alpha value is -0.870. The van der Waals surface area contributed by atoms with Crippen molar-refractivity contribution in [1.82, 2.24) is 14.7 Å². The van der Waals surface area contributed by atoms with Gasteiger partial charge in [0, 0.05) is 17.6 Å². The third-order valence-electron chi connectivity index (χ3n) is 4.13. The number of nitrogens with one attached hydrogen (secondary N) is 1. The molecule has 0 bridgehead atoms. The zero-order valence-electron chi connectivity index (χ0n) is 13.5. The van der Waals surface area contributed by atoms with E-state index in [4.69, 9.17) is 0 Å². The minimum Gasteiger partial charge on any atom is -0.311 e. The molecule has 3 nitrogen and oxygen atoms in total. The van der Waals surface area contributed by atoms with E-state index in [2.05, 4.69) is 62.4 Å². The summed E-state index contributed by atoms with van der Waals surface area (Å²) in [5.41, 5.74) is 2.45. The number of fused-ring (bicyclic) bond motifs is 1. The van der Waals surface area contributed by atoms with E-state index < -0.39 is 0 Å². The molecule has 0 spiro atoms. The standard InChI is InChI=1S/C16H27N3S/c1-10(2)14(11(3)4)7-17-8-15-13(6)18-16-19(15)9-12(5)20-16/h9-11,14,17H,7-8H2,1-6H3. The van der Waals surface area contributed by atoms with Crippen LogP contribution in [0, 0.1) is 31.6 Å². The minimum absolute atomic E-state index is 0.720. The summed E-state index contributed by atoms with van der Waals surface area (Å²) < 4.78 is 2.24. The van der Waals surface area contributed by atoms with Crippen molar-refractivity contribution in [3.8, 4) is 0 Å². The number of thiazole rings is 1. The minimum atomic E-state index is 0.720. The smallest absolute Gasteiger partial charge is 0.194 e. The number of hydrogen-bond acceptors (Lipinski definition) is 3. The van der Waals surface area contributed by atoms with E-state index in [1.165, 1.54) is 10.6 Å². The lowest BCUT2D eigenvalue weighted by Gasteiger charge is -2.25. The van der Waals surface area contributed by atoms with Gasteiger partial charge in [-0.1, -0.05) is 27.7 Å². The van der Waals surface area contributed by atoms with E-state index in [1.54, 1.807) is 11.3 Å². The molecule has 4 heteroatoms. The molecule has 0 saturated carbocycles. The maximum Gasteiger partial charge on any atom is 0.194 e. The second-order valence-corrected chi connectivity index (χ2v) is 7.63. The van der Waals surface area contributed by atoms with Gasteiger partial charge in [-0.25, -0.2) is 4.98 Å². The molecule has 112 valence electrons. The Bertz CT molecular complexity index is 558. The number of aryl methyl sites for hydroxylation is 2. The van der Waals surface area contributed by atoms with Gasteiger partial charge in [0.1, 0.15) is 0 Å². The SMILES string of the molecule is Cc1cn2c(CNCC(C(C)C)C(C)C)c(C)nc2s1. The van der Waals surface area contributed by atoms with Gasteiger partial charge in [0.2, 0.25) is 0 Å². The Kier molecular flexibility index (Phi) is 4.86. The second kappa shape index (κ2) is 6.27. The van der Waals surface area contributed by atoms with E-state index in [1.807, 2.05) is 0 Å². The van der Waals surface area contributed by atoms with Gasteiger partial charge in [0.05, 0.1) is 11.4 Å². The molecular weight excluding hydrogens is 266 g/mol. The third kappa shape index (κ3) is 3.23. The molecular formula is C16H27N3S. The van der Waals surface area contributed by atoms with Gasteiger partial charge in [-0.2, -0.15) is 0 Å². The van der Waals surface area contributed by atoms with Crippen LogP contribution in [0.2, 0.25) is 0 Å². The van der Waals surface area contributed by atoms with E-state index in [-0.39, 0.29) is 0 Å². The average Bonchev–Trinajstić information content (AvgIpc) is 2.80. The van der Waals surface area contributed by atoms with Crippen LogP contribution in [0.15, 0.2) is 6.20 Å². The van der Waals surface area contributed by atoms with Crippen LogP contribution in [0.3, 0.4) is 0 Å². The summed E-state index contributed by atoms with van der Waals surface area (Å²) in [5.74, 6) is 2.16. The quantitative estimate of drug-likeness (QED) is 0.871. The molecule has 2 rings (SSSR count). The first-order chi connectivity index (χ1) is 9.40. The van der Waals surface area contributed by atoms with Crippen molar-refractivity contribution in [2.75, 3.05) is 6.54 Å². The van der Waals surface area contributed by atoms with Crippen LogP contribution >= 0.6 is 11.3 Å². The fraction of sp³-hybridized carbons (Fsp3) is 0.688. The molecule has 2 heterocycles. The largest absolute Gasteiger partial charge is 0.311 e. The molecule has 0 aromatic carbocycles. The summed E-state index contributed by atoms with van der Waals surface area (Å²) in [6, 6.07) is 0. The highest BCUT2D eigenvalue weighted by Gasteiger charge is 2.17. The summed E-state index contributed by atoms with van der Waals surface area (Å²) in [6.45, 7) is 15.5. The summed E-state index contributed by atoms with van der Waals surface area (Å²) in [5, 5.41) is 3.64. The van der Waals surface area contributed by atoms with Gasteiger partial charge >= 0.3 is 0 Å². The highest BCUT2D eigenvalue weighted by Crippen LogP contribution is 2.22. The zero-order chi connectivity index (χ0) is 14.9. The van der Waals surface area contributed by atoms with Crippen LogP contribution < -0.4 is 5.32 Å². The van der Waals surface area contributed by atoms with Gasteiger partial charge in [0.15, 0.2) is 4.96 Å². The van der Waals surface area contributed by atoms with Gasteiger partial charge in [0.25, 0.3) is 0 Å². The van der Waals surface area contributed by atoms with Crippen molar-refractivity contribution < 1.29 is 0 Å². The molecule has 0 aliphatic rings. The third-order valence-corrected chi connectivity index (χ3v) is 5.02. The Labute approximate surface area is 126 Å². The van der Waals surface area contributed by atoms with E-state index >= 15 is 0 Å². The molecule has 0 atom stereocenters. The van der Waals surface area contributed by atoms with Crippen molar-refractivity contribution in [3.05, 3.63) is 22.5 Å². The fourth-order valence-corrected chi connectivity index (χ4v) is 3.81. The second-order valence-electron chi connectivity index (χ2n) is 6.42. The van der Waals surface area contributed by atoms with Crippen LogP contribution in [0.5, 0.6) is 0 Å². The molecule has 20 heavy (non-hydrogen) atoms. The lowest BCUT2D eigenvalue weighted by Crippen LogP contribution is -2.30. The highest BCUT2D eigenvalue weighted by atomic mass is 32.1. The Morgan fingerprint density at radius 2 is 1.85 bits per heavy atom. The fourth-order valence-electron chi connectivity index (χ4n) is 2.92. The molecule has 0 radical (unpaired) electrons. The van der Waals surface area contributed by atoms with Crippen molar-refractivity contribution in [2.24, 2.45) is 17.8 Å². The van der Waals surface area contributed by atoms with Crippen molar-refractivity contribution in [3.63, 3.8) is 0 Å². The highest BCUT2D eigenvalue weighted by molar-refractivity contribution is 7.17. The van der Waals surface area contributed by atoms with Crippen LogP contribution in [-0.4, -0.2) is 15.9 Å². The van der Waals surface area contributed by atoms with E-state index in [0.717, 1.165) is 41.5 Å². The molecule has 0 amide bonds. The lowest BCUT2D eigenvalue weighted by molar-refractivity contribution is 0.275. The van der Waals surface area contributed by atoms with Crippen LogP contribution in [0.4, 0.5) is 0 Å². The van der Waals surface area contributed by atoms with Crippen molar-refractivity contribution >= 4 is 16.3 Å². The summed E-state index contributed by atoms with van der Waals surface area (Å²) in [6.07, 6.45) is 2.19. The number of imidazole rings is 1. The first-order valence-electron chi connectivity index (χ1n) is 7.54. The maximum absolute atomic E-state index is 4.64. The van der Waals surface area contributed by atoms with Gasteiger partial charge in [-0.15, -0.1) is 11.3 Å². The predicted molar refractivity (Wildman–Crippen MR) is 87.4 cm³/mol. The number of nitrogens with zero attached hydrogens (tertiary/aromatic N) is 2. The van der Waals surface area contributed by atoms with Gasteiger partial charge in [-0.3, -0.25) is 4.40 Å². The molecule has 0 unspecified atom stereocenters. The van der Waals surface area contributed by atoms with Crippen molar-refractivity contribution in [2.45, 2.75) is 48.1 Å². The normalized spacial score (nSPS) is 12.4. The van der Waals surface area contributed by atoms with Crippen LogP contribution in [-0.2, 0) is 6.54 Å². The van der Waals surface area contributed by atoms with Crippen molar-refractivity contribution in [1.29, 1.82) is 0 Å². The molecule has 0 aliphatic heterocycles. The monoisotopic (exact) mass is 293 g/mol. The molecule has 0 fully saturated rings. The lowest BCUT2D eigenvalue weighted by atomic mass is 9.85. The Balaban J connectivity index is 2.03. The predicted octanol–water partition coefficient (Wildman–Crippen LogP) is 4.03. The number of hydrogen-bond donors (Lipinski definition) is 1. The first kappa shape index (κ1) is 15.5. The van der Waals surface area contributed by atoms with E-state index in [0.29, 0.717) is 0 Å². The van der Waals surface area contributed by atoms with Crippen LogP contribution in [0.25, 0.3) is 4.96 Å². The Morgan fingerprint density at radius 3 is 2.45 bits per heavy atom. The Morgan fingerprint density at radius 1 is 1.20 bits per heavy atom. The maximum atomic E-state index is 4.64. The molecule has 0 saturated heterocycles.